The van der Waals surface area contributed by atoms with Crippen LogP contribution in [0.3, 0.4) is 0 Å². The van der Waals surface area contributed by atoms with Crippen LogP contribution in [0.4, 0.5) is 0 Å². The van der Waals surface area contributed by atoms with Gasteiger partial charge in [0, 0.05) is 9.92 Å². The van der Waals surface area contributed by atoms with Crippen LogP contribution in [0, 0.1) is 0 Å². The highest BCUT2D eigenvalue weighted by Crippen LogP contribution is 2.13. The Kier molecular flexibility index (Phi) is 3.45. The molecule has 0 heterocycles. The lowest BCUT2D eigenvalue weighted by molar-refractivity contribution is -0.115. The molecule has 0 aliphatic carbocycles. The molecule has 0 aromatic heterocycles. The van der Waals surface area contributed by atoms with Gasteiger partial charge in [0.05, 0.1) is 10.8 Å². The van der Waals surface area contributed by atoms with Crippen molar-refractivity contribution in [3.05, 3.63) is 29.3 Å². The predicted molar refractivity (Wildman–Crippen MR) is 51.9 cm³/mol. The van der Waals surface area contributed by atoms with Gasteiger partial charge < -0.3 is 5.73 Å². The molecular formula is C8H8ClNO2S. The van der Waals surface area contributed by atoms with Crippen molar-refractivity contribution in [1.82, 2.24) is 0 Å². The van der Waals surface area contributed by atoms with Crippen molar-refractivity contribution in [3.63, 3.8) is 0 Å². The van der Waals surface area contributed by atoms with E-state index in [9.17, 15) is 9.00 Å². The number of carbonyl (C=O) groups is 1. The highest BCUT2D eigenvalue weighted by atomic mass is 35.5. The molecule has 1 atom stereocenters. The smallest absolute Gasteiger partial charge is 0.230 e. The SMILES string of the molecule is NC(=O)CS(=O)c1cccc(Cl)c1. The zero-order valence-corrected chi connectivity index (χ0v) is 8.27. The molecule has 0 saturated carbocycles. The third-order valence-electron chi connectivity index (χ3n) is 1.33. The van der Waals surface area contributed by atoms with Gasteiger partial charge in [0.25, 0.3) is 0 Å². The van der Waals surface area contributed by atoms with Crippen molar-refractivity contribution in [1.29, 1.82) is 0 Å². The first-order valence-corrected chi connectivity index (χ1v) is 5.21. The minimum atomic E-state index is -1.38. The van der Waals surface area contributed by atoms with Gasteiger partial charge in [-0.3, -0.25) is 9.00 Å². The number of primary amides is 1. The summed E-state index contributed by atoms with van der Waals surface area (Å²) in [5.41, 5.74) is 4.90. The fraction of sp³-hybridized carbons (Fsp3) is 0.125. The zero-order valence-electron chi connectivity index (χ0n) is 6.70. The number of halogens is 1. The molecule has 0 radical (unpaired) electrons. The van der Waals surface area contributed by atoms with E-state index in [0.717, 1.165) is 0 Å². The van der Waals surface area contributed by atoms with Gasteiger partial charge in [-0.15, -0.1) is 0 Å². The predicted octanol–water partition coefficient (Wildman–Crippen LogP) is 0.933. The van der Waals surface area contributed by atoms with Gasteiger partial charge in [-0.25, -0.2) is 0 Å². The van der Waals surface area contributed by atoms with Crippen molar-refractivity contribution in [2.24, 2.45) is 5.73 Å². The van der Waals surface area contributed by atoms with Crippen LogP contribution in [-0.2, 0) is 15.6 Å². The molecular weight excluding hydrogens is 210 g/mol. The topological polar surface area (TPSA) is 60.2 Å². The molecule has 3 nitrogen and oxygen atoms in total. The van der Waals surface area contributed by atoms with Crippen molar-refractivity contribution in [2.45, 2.75) is 4.90 Å². The molecule has 0 aliphatic rings. The van der Waals surface area contributed by atoms with Gasteiger partial charge in [-0.2, -0.15) is 0 Å². The van der Waals surface area contributed by atoms with Gasteiger partial charge >= 0.3 is 0 Å². The van der Waals surface area contributed by atoms with Gasteiger partial charge in [0.1, 0.15) is 5.75 Å². The molecule has 13 heavy (non-hydrogen) atoms. The molecule has 70 valence electrons. The standard InChI is InChI=1S/C8H8ClNO2S/c9-6-2-1-3-7(4-6)13(12)5-8(10)11/h1-4H,5H2,(H2,10,11). The summed E-state index contributed by atoms with van der Waals surface area (Å²) >= 11 is 5.67. The fourth-order valence-electron chi connectivity index (χ4n) is 0.821. The Morgan fingerprint density at radius 2 is 2.23 bits per heavy atom. The summed E-state index contributed by atoms with van der Waals surface area (Å²) in [5.74, 6) is -0.751. The van der Waals surface area contributed by atoms with Crippen LogP contribution in [0.25, 0.3) is 0 Å². The number of amides is 1. The second-order valence-electron chi connectivity index (χ2n) is 2.41. The summed E-state index contributed by atoms with van der Waals surface area (Å²) in [4.78, 5) is 11.0. The number of benzene rings is 1. The van der Waals surface area contributed by atoms with Crippen molar-refractivity contribution in [3.8, 4) is 0 Å². The van der Waals surface area contributed by atoms with Gasteiger partial charge in [-0.05, 0) is 18.2 Å². The van der Waals surface area contributed by atoms with Crippen LogP contribution >= 0.6 is 11.6 Å². The molecule has 1 unspecified atom stereocenters. The lowest BCUT2D eigenvalue weighted by Gasteiger charge is -1.99. The molecule has 0 aliphatic heterocycles. The van der Waals surface area contributed by atoms with E-state index in [2.05, 4.69) is 0 Å². The van der Waals surface area contributed by atoms with Crippen LogP contribution in [0.2, 0.25) is 5.02 Å². The minimum absolute atomic E-state index is 0.166. The Balaban J connectivity index is 2.83. The minimum Gasteiger partial charge on any atom is -0.369 e. The lowest BCUT2D eigenvalue weighted by atomic mass is 10.4. The van der Waals surface area contributed by atoms with Crippen LogP contribution in [0.1, 0.15) is 0 Å². The van der Waals surface area contributed by atoms with E-state index in [-0.39, 0.29) is 5.75 Å². The Morgan fingerprint density at radius 1 is 1.54 bits per heavy atom. The molecule has 0 bridgehead atoms. The van der Waals surface area contributed by atoms with E-state index in [1.165, 1.54) is 0 Å². The van der Waals surface area contributed by atoms with Crippen LogP contribution in [0.5, 0.6) is 0 Å². The molecule has 1 rings (SSSR count). The lowest BCUT2D eigenvalue weighted by Crippen LogP contribution is -2.19. The van der Waals surface area contributed by atoms with E-state index in [4.69, 9.17) is 17.3 Å². The van der Waals surface area contributed by atoms with Crippen LogP contribution < -0.4 is 5.73 Å². The molecule has 0 spiro atoms. The molecule has 1 aromatic rings. The first-order chi connectivity index (χ1) is 6.09. The number of rotatable bonds is 3. The maximum Gasteiger partial charge on any atom is 0.230 e. The Hall–Kier alpha value is -0.870. The number of carbonyl (C=O) groups excluding carboxylic acids is 1. The first-order valence-electron chi connectivity index (χ1n) is 3.52. The normalized spacial score (nSPS) is 12.4. The summed E-state index contributed by atoms with van der Waals surface area (Å²) in [5, 5.41) is 0.496. The van der Waals surface area contributed by atoms with Gasteiger partial charge in [-0.1, -0.05) is 17.7 Å². The van der Waals surface area contributed by atoms with Crippen molar-refractivity contribution < 1.29 is 9.00 Å². The molecule has 0 fully saturated rings. The van der Waals surface area contributed by atoms with Crippen LogP contribution in [0.15, 0.2) is 29.2 Å². The average Bonchev–Trinajstić information content (AvgIpc) is 2.03. The molecule has 0 saturated heterocycles. The maximum absolute atomic E-state index is 11.4. The highest BCUT2D eigenvalue weighted by molar-refractivity contribution is 7.85. The molecule has 1 aromatic carbocycles. The average molecular weight is 218 g/mol. The van der Waals surface area contributed by atoms with Crippen LogP contribution in [-0.4, -0.2) is 15.9 Å². The Bertz CT molecular complexity index is 354. The Morgan fingerprint density at radius 3 is 2.77 bits per heavy atom. The third-order valence-corrected chi connectivity index (χ3v) is 2.89. The van der Waals surface area contributed by atoms with Crippen molar-refractivity contribution >= 4 is 28.3 Å². The molecule has 1 amide bonds. The maximum atomic E-state index is 11.4. The van der Waals surface area contributed by atoms with E-state index in [1.54, 1.807) is 24.3 Å². The quantitative estimate of drug-likeness (QED) is 0.819. The number of hydrogen-bond acceptors (Lipinski definition) is 2. The summed E-state index contributed by atoms with van der Waals surface area (Å²) in [7, 11) is -1.38. The van der Waals surface area contributed by atoms with E-state index in [0.29, 0.717) is 9.92 Å². The fourth-order valence-corrected chi connectivity index (χ4v) is 1.99. The summed E-state index contributed by atoms with van der Waals surface area (Å²) in [6.07, 6.45) is 0. The number of hydrogen-bond donors (Lipinski definition) is 1. The van der Waals surface area contributed by atoms with Crippen molar-refractivity contribution in [2.75, 3.05) is 5.75 Å². The van der Waals surface area contributed by atoms with E-state index < -0.39 is 16.7 Å². The zero-order chi connectivity index (χ0) is 9.84. The summed E-state index contributed by atoms with van der Waals surface area (Å²) in [6, 6.07) is 6.55. The summed E-state index contributed by atoms with van der Waals surface area (Å²) in [6.45, 7) is 0. The second kappa shape index (κ2) is 4.39. The summed E-state index contributed by atoms with van der Waals surface area (Å²) < 4.78 is 11.4. The Labute approximate surface area is 83.3 Å². The first kappa shape index (κ1) is 10.2. The highest BCUT2D eigenvalue weighted by Gasteiger charge is 2.06. The largest absolute Gasteiger partial charge is 0.369 e. The monoisotopic (exact) mass is 217 g/mol. The number of nitrogens with two attached hydrogens (primary N) is 1. The molecule has 5 heteroatoms. The van der Waals surface area contributed by atoms with E-state index in [1.807, 2.05) is 0 Å². The van der Waals surface area contributed by atoms with E-state index >= 15 is 0 Å². The second-order valence-corrected chi connectivity index (χ2v) is 4.30. The van der Waals surface area contributed by atoms with Gasteiger partial charge in [0.15, 0.2) is 0 Å². The van der Waals surface area contributed by atoms with Gasteiger partial charge in [0.2, 0.25) is 5.91 Å². The third kappa shape index (κ3) is 3.16. The molecule has 2 N–H and O–H groups in total.